The van der Waals surface area contributed by atoms with E-state index in [4.69, 9.17) is 10.00 Å². The molecule has 2 rings (SSSR count). The highest BCUT2D eigenvalue weighted by Crippen LogP contribution is 2.21. The maximum atomic E-state index is 11.8. The number of benzene rings is 1. The Kier molecular flexibility index (Phi) is 5.00. The molecular formula is C16H20N2O2. The van der Waals surface area contributed by atoms with Crippen molar-refractivity contribution in [1.82, 2.24) is 4.90 Å². The lowest BCUT2D eigenvalue weighted by atomic mass is 10.1. The first kappa shape index (κ1) is 14.4. The van der Waals surface area contributed by atoms with Crippen molar-refractivity contribution >= 4 is 5.91 Å². The third-order valence-electron chi connectivity index (χ3n) is 3.71. The summed E-state index contributed by atoms with van der Waals surface area (Å²) in [5, 5.41) is 8.96. The Morgan fingerprint density at radius 3 is 2.95 bits per heavy atom. The predicted octanol–water partition coefficient (Wildman–Crippen LogP) is 2.59. The van der Waals surface area contributed by atoms with Crippen molar-refractivity contribution in [3.05, 3.63) is 29.8 Å². The third-order valence-corrected chi connectivity index (χ3v) is 3.71. The standard InChI is InChI=1S/C16H20N2O2/c1-2-13-10-16(19)18(12-13)8-5-9-20-15-7-4-3-6-14(15)11-17/h3-4,6-7,13H,2,5,8-10,12H2,1H3. The lowest BCUT2D eigenvalue weighted by Gasteiger charge is -2.16. The Morgan fingerprint density at radius 2 is 2.25 bits per heavy atom. The van der Waals surface area contributed by atoms with E-state index in [1.54, 1.807) is 12.1 Å². The number of hydrogen-bond acceptors (Lipinski definition) is 3. The Hall–Kier alpha value is -2.02. The number of hydrogen-bond donors (Lipinski definition) is 0. The van der Waals surface area contributed by atoms with Crippen molar-refractivity contribution in [2.75, 3.05) is 19.7 Å². The van der Waals surface area contributed by atoms with E-state index in [0.29, 0.717) is 30.3 Å². The van der Waals surface area contributed by atoms with Crippen molar-refractivity contribution in [2.24, 2.45) is 5.92 Å². The van der Waals surface area contributed by atoms with Gasteiger partial charge in [0.2, 0.25) is 5.91 Å². The first-order valence-corrected chi connectivity index (χ1v) is 7.14. The van der Waals surface area contributed by atoms with Gasteiger partial charge in [0, 0.05) is 19.5 Å². The monoisotopic (exact) mass is 272 g/mol. The minimum atomic E-state index is 0.259. The van der Waals surface area contributed by atoms with Crippen LogP contribution in [0.5, 0.6) is 5.75 Å². The second kappa shape index (κ2) is 6.95. The molecule has 0 spiro atoms. The summed E-state index contributed by atoms with van der Waals surface area (Å²) in [6.45, 7) is 4.27. The van der Waals surface area contributed by atoms with Gasteiger partial charge in [-0.1, -0.05) is 25.5 Å². The number of likely N-dealkylation sites (tertiary alicyclic amines) is 1. The molecule has 20 heavy (non-hydrogen) atoms. The summed E-state index contributed by atoms with van der Waals surface area (Å²) in [4.78, 5) is 13.7. The van der Waals surface area contributed by atoms with Crippen LogP contribution in [0.1, 0.15) is 31.7 Å². The highest BCUT2D eigenvalue weighted by molar-refractivity contribution is 5.78. The van der Waals surface area contributed by atoms with Crippen LogP contribution in [0.2, 0.25) is 0 Å². The Balaban J connectivity index is 1.75. The highest BCUT2D eigenvalue weighted by atomic mass is 16.5. The predicted molar refractivity (Wildman–Crippen MR) is 76.2 cm³/mol. The van der Waals surface area contributed by atoms with Gasteiger partial charge in [-0.3, -0.25) is 4.79 Å². The summed E-state index contributed by atoms with van der Waals surface area (Å²) >= 11 is 0. The number of para-hydroxylation sites is 1. The number of carbonyl (C=O) groups excluding carboxylic acids is 1. The van der Waals surface area contributed by atoms with Crippen LogP contribution >= 0.6 is 0 Å². The Labute approximate surface area is 120 Å². The zero-order valence-corrected chi connectivity index (χ0v) is 11.8. The smallest absolute Gasteiger partial charge is 0.222 e. The van der Waals surface area contributed by atoms with E-state index in [0.717, 1.165) is 25.9 Å². The van der Waals surface area contributed by atoms with Crippen LogP contribution in [0.4, 0.5) is 0 Å². The van der Waals surface area contributed by atoms with Crippen LogP contribution in [0, 0.1) is 17.2 Å². The minimum Gasteiger partial charge on any atom is -0.492 e. The van der Waals surface area contributed by atoms with Gasteiger partial charge in [0.1, 0.15) is 11.8 Å². The summed E-state index contributed by atoms with van der Waals surface area (Å²) in [6, 6.07) is 9.32. The molecule has 1 aromatic rings. The van der Waals surface area contributed by atoms with Crippen LogP contribution in [-0.4, -0.2) is 30.5 Å². The average Bonchev–Trinajstić information content (AvgIpc) is 2.84. The zero-order valence-electron chi connectivity index (χ0n) is 11.8. The number of amides is 1. The van der Waals surface area contributed by atoms with Crippen molar-refractivity contribution in [3.63, 3.8) is 0 Å². The fourth-order valence-electron chi connectivity index (χ4n) is 2.47. The second-order valence-electron chi connectivity index (χ2n) is 5.13. The molecule has 0 aromatic heterocycles. The van der Waals surface area contributed by atoms with Gasteiger partial charge in [-0.05, 0) is 24.5 Å². The van der Waals surface area contributed by atoms with Crippen molar-refractivity contribution < 1.29 is 9.53 Å². The van der Waals surface area contributed by atoms with Gasteiger partial charge in [-0.25, -0.2) is 0 Å². The van der Waals surface area contributed by atoms with E-state index in [-0.39, 0.29) is 5.91 Å². The fourth-order valence-corrected chi connectivity index (χ4v) is 2.47. The Bertz CT molecular complexity index is 507. The van der Waals surface area contributed by atoms with E-state index in [1.165, 1.54) is 0 Å². The zero-order chi connectivity index (χ0) is 14.4. The van der Waals surface area contributed by atoms with E-state index < -0.39 is 0 Å². The van der Waals surface area contributed by atoms with Gasteiger partial charge in [-0.15, -0.1) is 0 Å². The second-order valence-corrected chi connectivity index (χ2v) is 5.13. The topological polar surface area (TPSA) is 53.3 Å². The van der Waals surface area contributed by atoms with Gasteiger partial charge in [0.15, 0.2) is 0 Å². The molecule has 1 amide bonds. The van der Waals surface area contributed by atoms with Gasteiger partial charge in [-0.2, -0.15) is 5.26 Å². The van der Waals surface area contributed by atoms with E-state index >= 15 is 0 Å². The number of rotatable bonds is 6. The fraction of sp³-hybridized carbons (Fsp3) is 0.500. The summed E-state index contributed by atoms with van der Waals surface area (Å²) < 4.78 is 5.62. The number of nitriles is 1. The first-order chi connectivity index (χ1) is 9.74. The van der Waals surface area contributed by atoms with Gasteiger partial charge in [0.05, 0.1) is 12.2 Å². The number of carbonyl (C=O) groups is 1. The van der Waals surface area contributed by atoms with Crippen LogP contribution in [0.25, 0.3) is 0 Å². The van der Waals surface area contributed by atoms with Crippen LogP contribution in [0.15, 0.2) is 24.3 Å². The quantitative estimate of drug-likeness (QED) is 0.748. The molecule has 0 N–H and O–H groups in total. The van der Waals surface area contributed by atoms with Gasteiger partial charge in [0.25, 0.3) is 0 Å². The molecule has 1 unspecified atom stereocenters. The van der Waals surface area contributed by atoms with E-state index in [2.05, 4.69) is 13.0 Å². The summed E-state index contributed by atoms with van der Waals surface area (Å²) in [7, 11) is 0. The van der Waals surface area contributed by atoms with Crippen molar-refractivity contribution in [1.29, 1.82) is 5.26 Å². The number of nitrogens with zero attached hydrogens (tertiary/aromatic N) is 2. The van der Waals surface area contributed by atoms with Gasteiger partial charge >= 0.3 is 0 Å². The average molecular weight is 272 g/mol. The van der Waals surface area contributed by atoms with Crippen molar-refractivity contribution in [3.8, 4) is 11.8 Å². The summed E-state index contributed by atoms with van der Waals surface area (Å²) in [6.07, 6.45) is 2.55. The largest absolute Gasteiger partial charge is 0.492 e. The van der Waals surface area contributed by atoms with Crippen molar-refractivity contribution in [2.45, 2.75) is 26.2 Å². The molecule has 0 bridgehead atoms. The molecule has 0 radical (unpaired) electrons. The molecule has 1 aliphatic heterocycles. The van der Waals surface area contributed by atoms with Crippen LogP contribution in [-0.2, 0) is 4.79 Å². The van der Waals surface area contributed by atoms with Crippen LogP contribution in [0.3, 0.4) is 0 Å². The van der Waals surface area contributed by atoms with E-state index in [9.17, 15) is 4.79 Å². The first-order valence-electron chi connectivity index (χ1n) is 7.14. The molecule has 1 fully saturated rings. The van der Waals surface area contributed by atoms with Crippen LogP contribution < -0.4 is 4.74 Å². The molecule has 0 saturated carbocycles. The maximum Gasteiger partial charge on any atom is 0.222 e. The number of ether oxygens (including phenoxy) is 1. The lowest BCUT2D eigenvalue weighted by Crippen LogP contribution is -2.27. The minimum absolute atomic E-state index is 0.259. The molecule has 1 aromatic carbocycles. The summed E-state index contributed by atoms with van der Waals surface area (Å²) in [5.41, 5.74) is 0.552. The molecule has 106 valence electrons. The molecule has 1 saturated heterocycles. The molecule has 1 atom stereocenters. The highest BCUT2D eigenvalue weighted by Gasteiger charge is 2.27. The maximum absolute atomic E-state index is 11.8. The summed E-state index contributed by atoms with van der Waals surface area (Å²) in [5.74, 6) is 1.39. The Morgan fingerprint density at radius 1 is 1.45 bits per heavy atom. The molecule has 1 heterocycles. The normalized spacial score (nSPS) is 18.1. The molecule has 1 aliphatic rings. The molecule has 4 nitrogen and oxygen atoms in total. The molecular weight excluding hydrogens is 252 g/mol. The molecule has 4 heteroatoms. The van der Waals surface area contributed by atoms with E-state index in [1.807, 2.05) is 17.0 Å². The van der Waals surface area contributed by atoms with Gasteiger partial charge < -0.3 is 9.64 Å². The lowest BCUT2D eigenvalue weighted by molar-refractivity contribution is -0.127. The molecule has 0 aliphatic carbocycles. The SMILES string of the molecule is CCC1CC(=O)N(CCCOc2ccccc2C#N)C1. The third kappa shape index (κ3) is 3.51.